The van der Waals surface area contributed by atoms with Gasteiger partial charge in [-0.05, 0) is 17.7 Å². The van der Waals surface area contributed by atoms with Gasteiger partial charge in [0, 0.05) is 17.0 Å². The number of aliphatic hydroxyl groups is 1. The molecule has 0 saturated heterocycles. The SMILES string of the molecule is OC(CSc1nnc2c(Cl)cc(Cl)cn12)c1ccccc1Cl. The van der Waals surface area contributed by atoms with Crippen molar-refractivity contribution in [1.82, 2.24) is 14.6 Å². The van der Waals surface area contributed by atoms with Gasteiger partial charge >= 0.3 is 0 Å². The van der Waals surface area contributed by atoms with Gasteiger partial charge in [-0.2, -0.15) is 0 Å². The molecule has 0 bridgehead atoms. The van der Waals surface area contributed by atoms with Crippen molar-refractivity contribution in [1.29, 1.82) is 0 Å². The number of hydrogen-bond donors (Lipinski definition) is 1. The summed E-state index contributed by atoms with van der Waals surface area (Å²) in [5.41, 5.74) is 1.21. The standard InChI is InChI=1S/C14H10Cl3N3OS/c15-8-5-11(17)13-18-19-14(20(13)6-8)22-7-12(21)9-3-1-2-4-10(9)16/h1-6,12,21H,7H2. The Morgan fingerprint density at radius 3 is 2.68 bits per heavy atom. The first-order chi connectivity index (χ1) is 10.6. The van der Waals surface area contributed by atoms with Gasteiger partial charge in [-0.3, -0.25) is 4.40 Å². The van der Waals surface area contributed by atoms with Gasteiger partial charge < -0.3 is 5.11 Å². The van der Waals surface area contributed by atoms with E-state index in [1.807, 2.05) is 12.1 Å². The summed E-state index contributed by atoms with van der Waals surface area (Å²) in [4.78, 5) is 0. The van der Waals surface area contributed by atoms with Crippen molar-refractivity contribution < 1.29 is 5.11 Å². The molecule has 114 valence electrons. The topological polar surface area (TPSA) is 50.4 Å². The van der Waals surface area contributed by atoms with Crippen LogP contribution in [0.2, 0.25) is 15.1 Å². The molecule has 0 radical (unpaired) electrons. The van der Waals surface area contributed by atoms with Gasteiger partial charge in [0.15, 0.2) is 10.8 Å². The quantitative estimate of drug-likeness (QED) is 0.682. The number of aromatic nitrogens is 3. The molecule has 1 unspecified atom stereocenters. The molecular weight excluding hydrogens is 365 g/mol. The maximum absolute atomic E-state index is 10.3. The van der Waals surface area contributed by atoms with E-state index in [4.69, 9.17) is 34.8 Å². The average Bonchev–Trinajstić information content (AvgIpc) is 2.88. The fourth-order valence-electron chi connectivity index (χ4n) is 1.99. The molecule has 2 aromatic heterocycles. The minimum absolute atomic E-state index is 0.384. The first-order valence-corrected chi connectivity index (χ1v) is 8.43. The highest BCUT2D eigenvalue weighted by molar-refractivity contribution is 7.99. The fourth-order valence-corrected chi connectivity index (χ4v) is 3.62. The smallest absolute Gasteiger partial charge is 0.195 e. The highest BCUT2D eigenvalue weighted by Crippen LogP contribution is 2.30. The van der Waals surface area contributed by atoms with E-state index in [0.29, 0.717) is 37.2 Å². The number of aliphatic hydroxyl groups excluding tert-OH is 1. The maximum atomic E-state index is 10.3. The number of halogens is 3. The lowest BCUT2D eigenvalue weighted by molar-refractivity contribution is 0.204. The Morgan fingerprint density at radius 2 is 1.91 bits per heavy atom. The molecule has 1 atom stereocenters. The number of fused-ring (bicyclic) bond motifs is 1. The summed E-state index contributed by atoms with van der Waals surface area (Å²) < 4.78 is 1.70. The van der Waals surface area contributed by atoms with Gasteiger partial charge in [-0.15, -0.1) is 10.2 Å². The summed E-state index contributed by atoms with van der Waals surface area (Å²) in [6.45, 7) is 0. The molecule has 1 aromatic carbocycles. The highest BCUT2D eigenvalue weighted by atomic mass is 35.5. The van der Waals surface area contributed by atoms with Gasteiger partial charge in [-0.25, -0.2) is 0 Å². The molecule has 0 fully saturated rings. The van der Waals surface area contributed by atoms with E-state index < -0.39 is 6.10 Å². The molecule has 1 N–H and O–H groups in total. The summed E-state index contributed by atoms with van der Waals surface area (Å²) in [5.74, 6) is 0.384. The third-order valence-electron chi connectivity index (χ3n) is 3.03. The van der Waals surface area contributed by atoms with Crippen LogP contribution in [-0.2, 0) is 0 Å². The minimum atomic E-state index is -0.708. The van der Waals surface area contributed by atoms with E-state index in [9.17, 15) is 5.11 Å². The van der Waals surface area contributed by atoms with Gasteiger partial charge in [0.05, 0.1) is 16.1 Å². The van der Waals surface area contributed by atoms with Crippen LogP contribution in [0.1, 0.15) is 11.7 Å². The molecule has 0 aliphatic carbocycles. The Labute approximate surface area is 146 Å². The van der Waals surface area contributed by atoms with Crippen LogP contribution in [0.15, 0.2) is 41.7 Å². The number of thioether (sulfide) groups is 1. The van der Waals surface area contributed by atoms with Crippen LogP contribution in [0.25, 0.3) is 5.65 Å². The Hall–Kier alpha value is -0.980. The molecule has 3 rings (SSSR count). The molecule has 3 aromatic rings. The number of benzene rings is 1. The predicted molar refractivity (Wildman–Crippen MR) is 90.1 cm³/mol. The van der Waals surface area contributed by atoms with E-state index in [-0.39, 0.29) is 0 Å². The normalized spacial score (nSPS) is 12.7. The van der Waals surface area contributed by atoms with Gasteiger partial charge in [0.1, 0.15) is 0 Å². The minimum Gasteiger partial charge on any atom is -0.387 e. The van der Waals surface area contributed by atoms with Crippen LogP contribution in [0, 0.1) is 0 Å². The van der Waals surface area contributed by atoms with Crippen LogP contribution in [0.4, 0.5) is 0 Å². The van der Waals surface area contributed by atoms with E-state index >= 15 is 0 Å². The summed E-state index contributed by atoms with van der Waals surface area (Å²) in [7, 11) is 0. The first-order valence-electron chi connectivity index (χ1n) is 6.31. The Bertz CT molecular complexity index is 824. The second-order valence-corrected chi connectivity index (χ2v) is 6.77. The molecule has 0 amide bonds. The molecule has 0 saturated carbocycles. The number of pyridine rings is 1. The van der Waals surface area contributed by atoms with Crippen LogP contribution in [0.3, 0.4) is 0 Å². The lowest BCUT2D eigenvalue weighted by atomic mass is 10.1. The zero-order chi connectivity index (χ0) is 15.7. The molecule has 0 aliphatic rings. The summed E-state index contributed by atoms with van der Waals surface area (Å²) in [6.07, 6.45) is 0.980. The zero-order valence-electron chi connectivity index (χ0n) is 11.1. The monoisotopic (exact) mass is 373 g/mol. The van der Waals surface area contributed by atoms with Crippen molar-refractivity contribution >= 4 is 52.2 Å². The van der Waals surface area contributed by atoms with Gasteiger partial charge in [-0.1, -0.05) is 64.8 Å². The third kappa shape index (κ3) is 3.19. The number of rotatable bonds is 4. The lowest BCUT2D eigenvalue weighted by Gasteiger charge is -2.11. The fraction of sp³-hybridized carbons (Fsp3) is 0.143. The summed E-state index contributed by atoms with van der Waals surface area (Å²) in [6, 6.07) is 8.81. The zero-order valence-corrected chi connectivity index (χ0v) is 14.2. The van der Waals surface area contributed by atoms with Gasteiger partial charge in [0.2, 0.25) is 0 Å². The highest BCUT2D eigenvalue weighted by Gasteiger charge is 2.15. The number of hydrogen-bond acceptors (Lipinski definition) is 4. The second kappa shape index (κ2) is 6.64. The number of nitrogens with zero attached hydrogens (tertiary/aromatic N) is 3. The molecule has 22 heavy (non-hydrogen) atoms. The van der Waals surface area contributed by atoms with E-state index in [1.54, 1.807) is 28.8 Å². The van der Waals surface area contributed by atoms with Crippen LogP contribution >= 0.6 is 46.6 Å². The van der Waals surface area contributed by atoms with Crippen LogP contribution < -0.4 is 0 Å². The first kappa shape index (κ1) is 15.9. The van der Waals surface area contributed by atoms with Crippen molar-refractivity contribution in [3.63, 3.8) is 0 Å². The molecule has 8 heteroatoms. The van der Waals surface area contributed by atoms with Crippen LogP contribution in [-0.4, -0.2) is 25.5 Å². The predicted octanol–water partition coefficient (Wildman–Crippen LogP) is 4.52. The average molecular weight is 375 g/mol. The van der Waals surface area contributed by atoms with Crippen LogP contribution in [0.5, 0.6) is 0 Å². The van der Waals surface area contributed by atoms with Crippen molar-refractivity contribution in [3.8, 4) is 0 Å². The molecule has 0 aliphatic heterocycles. The summed E-state index contributed by atoms with van der Waals surface area (Å²) >= 11 is 19.5. The summed E-state index contributed by atoms with van der Waals surface area (Å²) in [5, 5.41) is 20.4. The Kier molecular flexibility index (Phi) is 4.80. The molecule has 4 nitrogen and oxygen atoms in total. The van der Waals surface area contributed by atoms with E-state index in [1.165, 1.54) is 11.8 Å². The van der Waals surface area contributed by atoms with Crippen molar-refractivity contribution in [2.24, 2.45) is 0 Å². The van der Waals surface area contributed by atoms with Crippen molar-refractivity contribution in [2.75, 3.05) is 5.75 Å². The van der Waals surface area contributed by atoms with E-state index in [0.717, 1.165) is 0 Å². The van der Waals surface area contributed by atoms with E-state index in [2.05, 4.69) is 10.2 Å². The van der Waals surface area contributed by atoms with Crippen molar-refractivity contribution in [3.05, 3.63) is 57.2 Å². The lowest BCUT2D eigenvalue weighted by Crippen LogP contribution is -2.02. The van der Waals surface area contributed by atoms with Crippen molar-refractivity contribution in [2.45, 2.75) is 11.3 Å². The molecule has 2 heterocycles. The third-order valence-corrected chi connectivity index (χ3v) is 4.88. The second-order valence-electron chi connectivity index (χ2n) is 4.53. The van der Waals surface area contributed by atoms with Gasteiger partial charge in [0.25, 0.3) is 0 Å². The Balaban J connectivity index is 1.81. The molecular formula is C14H10Cl3N3OS. The largest absolute Gasteiger partial charge is 0.387 e. The molecule has 0 spiro atoms. The Morgan fingerprint density at radius 1 is 1.14 bits per heavy atom. The maximum Gasteiger partial charge on any atom is 0.195 e.